The van der Waals surface area contributed by atoms with Crippen LogP contribution in [0.25, 0.3) is 0 Å². The molecule has 174 valence electrons. The molecule has 1 N–H and O–H groups in total. The smallest absolute Gasteiger partial charge is 0.309 e. The minimum absolute atomic E-state index is 0.0725. The maximum absolute atomic E-state index is 12.5. The third-order valence-corrected chi connectivity index (χ3v) is 6.94. The quantitative estimate of drug-likeness (QED) is 0.495. The van der Waals surface area contributed by atoms with Gasteiger partial charge in [0.2, 0.25) is 0 Å². The van der Waals surface area contributed by atoms with Crippen LogP contribution in [0.4, 0.5) is 0 Å². The van der Waals surface area contributed by atoms with Crippen LogP contribution in [0.5, 0.6) is 0 Å². The van der Waals surface area contributed by atoms with Crippen LogP contribution in [-0.4, -0.2) is 47.3 Å². The molecule has 0 heterocycles. The van der Waals surface area contributed by atoms with Crippen LogP contribution in [-0.2, 0) is 33.4 Å². The highest BCUT2D eigenvalue weighted by Crippen LogP contribution is 2.33. The van der Waals surface area contributed by atoms with Crippen molar-refractivity contribution in [1.82, 2.24) is 0 Å². The van der Waals surface area contributed by atoms with Crippen molar-refractivity contribution in [1.29, 1.82) is 0 Å². The summed E-state index contributed by atoms with van der Waals surface area (Å²) in [6.45, 7) is 1.41. The first-order valence-electron chi connectivity index (χ1n) is 11.6. The van der Waals surface area contributed by atoms with E-state index in [1.54, 1.807) is 0 Å². The number of carboxylic acids is 1. The normalized spacial score (nSPS) is 33.7. The minimum Gasteiger partial charge on any atom is -0.481 e. The maximum atomic E-state index is 12.5. The van der Waals surface area contributed by atoms with Crippen LogP contribution >= 0.6 is 0 Å². The van der Waals surface area contributed by atoms with Crippen LogP contribution in [0.2, 0.25) is 0 Å². The Morgan fingerprint density at radius 3 is 1.26 bits per heavy atom. The monoisotopic (exact) mass is 438 g/mol. The minimum atomic E-state index is -0.783. The van der Waals surface area contributed by atoms with Gasteiger partial charge in [0.1, 0.15) is 18.3 Å². The Labute approximate surface area is 183 Å². The fraction of sp³-hybridized carbons (Fsp3) is 0.826. The molecule has 0 saturated heterocycles. The molecule has 8 nitrogen and oxygen atoms in total. The number of esters is 3. The average Bonchev–Trinajstić information content (AvgIpc) is 2.75. The van der Waals surface area contributed by atoms with Gasteiger partial charge in [0.25, 0.3) is 0 Å². The number of aliphatic carboxylic acids is 1. The van der Waals surface area contributed by atoms with Crippen LogP contribution < -0.4 is 0 Å². The molecule has 31 heavy (non-hydrogen) atoms. The molecule has 3 aliphatic carbocycles. The van der Waals surface area contributed by atoms with Crippen molar-refractivity contribution in [3.05, 3.63) is 0 Å². The van der Waals surface area contributed by atoms with Gasteiger partial charge < -0.3 is 19.3 Å². The van der Waals surface area contributed by atoms with Crippen molar-refractivity contribution in [3.63, 3.8) is 0 Å². The molecule has 0 aromatic heterocycles. The predicted octanol–water partition coefficient (Wildman–Crippen LogP) is 3.40. The van der Waals surface area contributed by atoms with Crippen molar-refractivity contribution in [3.8, 4) is 0 Å². The second-order valence-corrected chi connectivity index (χ2v) is 9.24. The number of hydrogen-bond acceptors (Lipinski definition) is 7. The van der Waals surface area contributed by atoms with Gasteiger partial charge in [-0.05, 0) is 77.0 Å². The van der Waals surface area contributed by atoms with Crippen LogP contribution in [0.3, 0.4) is 0 Å². The van der Waals surface area contributed by atoms with Gasteiger partial charge in [-0.3, -0.25) is 19.2 Å². The first-order chi connectivity index (χ1) is 14.8. The topological polar surface area (TPSA) is 116 Å². The largest absolute Gasteiger partial charge is 0.481 e. The Hall–Kier alpha value is -2.12. The first-order valence-corrected chi connectivity index (χ1v) is 11.6. The van der Waals surface area contributed by atoms with Crippen molar-refractivity contribution < 1.29 is 38.5 Å². The molecule has 0 aliphatic heterocycles. The maximum Gasteiger partial charge on any atom is 0.309 e. The Morgan fingerprint density at radius 2 is 0.871 bits per heavy atom. The molecule has 0 unspecified atom stereocenters. The molecule has 8 heteroatoms. The van der Waals surface area contributed by atoms with Gasteiger partial charge in [-0.1, -0.05) is 0 Å². The summed E-state index contributed by atoms with van der Waals surface area (Å²) >= 11 is 0. The van der Waals surface area contributed by atoms with Gasteiger partial charge in [-0.25, -0.2) is 0 Å². The molecule has 0 radical (unpaired) electrons. The lowest BCUT2D eigenvalue weighted by atomic mass is 9.82. The SMILES string of the molecule is CC(=O)OC1CCC(OC(=O)C2CCC(OC(=O)C3CCC(C(=O)O)CC3)CC2)CC1. The standard InChI is InChI=1S/C23H34O8/c1-14(24)29-18-10-12-20(13-11-18)31-23(28)17-6-8-19(9-7-17)30-22(27)16-4-2-15(3-5-16)21(25)26/h15-20H,2-13H2,1H3,(H,25,26). The van der Waals surface area contributed by atoms with E-state index < -0.39 is 5.97 Å². The molecular formula is C23H34O8. The van der Waals surface area contributed by atoms with E-state index in [0.29, 0.717) is 77.0 Å². The third kappa shape index (κ3) is 6.94. The zero-order chi connectivity index (χ0) is 22.4. The van der Waals surface area contributed by atoms with E-state index in [0.717, 1.165) is 0 Å². The van der Waals surface area contributed by atoms with E-state index in [1.165, 1.54) is 6.92 Å². The van der Waals surface area contributed by atoms with E-state index in [1.807, 2.05) is 0 Å². The second-order valence-electron chi connectivity index (χ2n) is 9.24. The summed E-state index contributed by atoms with van der Waals surface area (Å²) in [6.07, 6.45) is 7.26. The zero-order valence-electron chi connectivity index (χ0n) is 18.3. The predicted molar refractivity (Wildman–Crippen MR) is 109 cm³/mol. The van der Waals surface area contributed by atoms with Gasteiger partial charge in [-0.15, -0.1) is 0 Å². The summed E-state index contributed by atoms with van der Waals surface area (Å²) in [5.74, 6) is -2.16. The lowest BCUT2D eigenvalue weighted by Gasteiger charge is -2.32. The molecule has 3 fully saturated rings. The lowest BCUT2D eigenvalue weighted by Crippen LogP contribution is -2.34. The Balaban J connectivity index is 1.33. The second kappa shape index (κ2) is 11.0. The van der Waals surface area contributed by atoms with Crippen LogP contribution in [0, 0.1) is 17.8 Å². The average molecular weight is 439 g/mol. The summed E-state index contributed by atoms with van der Waals surface area (Å²) in [5.41, 5.74) is 0. The molecule has 3 aliphatic rings. The summed E-state index contributed by atoms with van der Waals surface area (Å²) in [6, 6.07) is 0. The highest BCUT2D eigenvalue weighted by Gasteiger charge is 2.35. The fourth-order valence-corrected chi connectivity index (χ4v) is 5.02. The number of ether oxygens (including phenoxy) is 3. The van der Waals surface area contributed by atoms with Crippen LogP contribution in [0.1, 0.15) is 84.0 Å². The fourth-order valence-electron chi connectivity index (χ4n) is 5.02. The molecule has 3 saturated carbocycles. The van der Waals surface area contributed by atoms with E-state index in [9.17, 15) is 19.2 Å². The molecule has 0 bridgehead atoms. The Kier molecular flexibility index (Phi) is 8.32. The zero-order valence-corrected chi connectivity index (χ0v) is 18.3. The third-order valence-electron chi connectivity index (χ3n) is 6.94. The summed E-state index contributed by atoms with van der Waals surface area (Å²) in [7, 11) is 0. The van der Waals surface area contributed by atoms with Gasteiger partial charge in [0.15, 0.2) is 0 Å². The van der Waals surface area contributed by atoms with Gasteiger partial charge in [-0.2, -0.15) is 0 Å². The van der Waals surface area contributed by atoms with Crippen molar-refractivity contribution in [2.75, 3.05) is 0 Å². The van der Waals surface area contributed by atoms with Gasteiger partial charge >= 0.3 is 23.9 Å². The summed E-state index contributed by atoms with van der Waals surface area (Å²) < 4.78 is 16.6. The van der Waals surface area contributed by atoms with Gasteiger partial charge in [0.05, 0.1) is 17.8 Å². The Morgan fingerprint density at radius 1 is 0.548 bits per heavy atom. The summed E-state index contributed by atoms with van der Waals surface area (Å²) in [4.78, 5) is 47.0. The number of carboxylic acid groups (broad SMARTS) is 1. The van der Waals surface area contributed by atoms with Crippen molar-refractivity contribution in [2.45, 2.75) is 102 Å². The van der Waals surface area contributed by atoms with Crippen molar-refractivity contribution in [2.24, 2.45) is 17.8 Å². The van der Waals surface area contributed by atoms with Gasteiger partial charge in [0, 0.05) is 6.92 Å². The highest BCUT2D eigenvalue weighted by molar-refractivity contribution is 5.75. The lowest BCUT2D eigenvalue weighted by molar-refractivity contribution is -0.164. The van der Waals surface area contributed by atoms with E-state index >= 15 is 0 Å². The number of carbonyl (C=O) groups is 4. The van der Waals surface area contributed by atoms with E-state index in [2.05, 4.69) is 0 Å². The number of rotatable bonds is 6. The molecule has 0 aromatic rings. The molecular weight excluding hydrogens is 404 g/mol. The Bertz CT molecular complexity index is 650. The number of hydrogen-bond donors (Lipinski definition) is 1. The molecule has 3 rings (SSSR count). The van der Waals surface area contributed by atoms with Crippen LogP contribution in [0.15, 0.2) is 0 Å². The molecule has 0 spiro atoms. The van der Waals surface area contributed by atoms with E-state index in [-0.39, 0.29) is 54.0 Å². The molecule has 0 atom stereocenters. The van der Waals surface area contributed by atoms with Crippen molar-refractivity contribution >= 4 is 23.9 Å². The van der Waals surface area contributed by atoms with E-state index in [4.69, 9.17) is 19.3 Å². The first kappa shape index (κ1) is 23.5. The highest BCUT2D eigenvalue weighted by atomic mass is 16.6. The number of carbonyl (C=O) groups excluding carboxylic acids is 3. The molecule has 0 amide bonds. The summed E-state index contributed by atoms with van der Waals surface area (Å²) in [5, 5.41) is 9.07. The molecule has 0 aromatic carbocycles.